The van der Waals surface area contributed by atoms with E-state index in [2.05, 4.69) is 15.0 Å². The topological polar surface area (TPSA) is 64.7 Å². The third-order valence-electron chi connectivity index (χ3n) is 2.98. The number of pyridine rings is 1. The van der Waals surface area contributed by atoms with Crippen LogP contribution in [0.25, 0.3) is 22.2 Å². The van der Waals surface area contributed by atoms with Crippen molar-refractivity contribution in [3.8, 4) is 11.3 Å². The van der Waals surface area contributed by atoms with Crippen molar-refractivity contribution in [3.63, 3.8) is 0 Å². The van der Waals surface area contributed by atoms with Crippen molar-refractivity contribution in [1.29, 1.82) is 0 Å². The van der Waals surface area contributed by atoms with E-state index >= 15 is 0 Å². The van der Waals surface area contributed by atoms with Crippen molar-refractivity contribution >= 4 is 16.9 Å². The van der Waals surface area contributed by atoms with Gasteiger partial charge in [0.05, 0.1) is 16.8 Å². The van der Waals surface area contributed by atoms with Crippen LogP contribution in [-0.4, -0.2) is 15.0 Å². The quantitative estimate of drug-likeness (QED) is 0.747. The zero-order valence-corrected chi connectivity index (χ0v) is 10.6. The second-order valence-electron chi connectivity index (χ2n) is 4.40. The van der Waals surface area contributed by atoms with Crippen molar-refractivity contribution < 1.29 is 13.2 Å². The van der Waals surface area contributed by atoms with E-state index in [1.54, 1.807) is 24.5 Å². The van der Waals surface area contributed by atoms with Gasteiger partial charge in [-0.2, -0.15) is 13.2 Å². The molecule has 0 amide bonds. The summed E-state index contributed by atoms with van der Waals surface area (Å²) < 4.78 is 38.3. The molecule has 0 fully saturated rings. The number of nitrogen functional groups attached to an aromatic ring is 1. The fraction of sp³-hybridized carbons (Fsp3) is 0.0714. The molecule has 4 nitrogen and oxygen atoms in total. The zero-order valence-electron chi connectivity index (χ0n) is 10.6. The van der Waals surface area contributed by atoms with Crippen LogP contribution in [0.5, 0.6) is 0 Å². The number of halogens is 3. The van der Waals surface area contributed by atoms with Crippen LogP contribution in [0.3, 0.4) is 0 Å². The van der Waals surface area contributed by atoms with E-state index in [0.717, 1.165) is 12.1 Å². The number of alkyl halides is 3. The van der Waals surface area contributed by atoms with E-state index in [4.69, 9.17) is 5.73 Å². The molecule has 21 heavy (non-hydrogen) atoms. The Bertz CT molecular complexity index is 800. The van der Waals surface area contributed by atoms with Crippen molar-refractivity contribution in [2.24, 2.45) is 0 Å². The van der Waals surface area contributed by atoms with Gasteiger partial charge in [-0.15, -0.1) is 0 Å². The third-order valence-corrected chi connectivity index (χ3v) is 2.98. The fourth-order valence-electron chi connectivity index (χ4n) is 2.05. The minimum absolute atomic E-state index is 0.0827. The maximum atomic E-state index is 12.8. The van der Waals surface area contributed by atoms with Gasteiger partial charge in [-0.05, 0) is 24.3 Å². The standard InChI is InChI=1S/C14H9F3N4/c15-14(16,17)9-3-4-10-11(6-9)20-13(18)21-12(10)8-2-1-5-19-7-8/h1-7H,(H2,18,20,21). The Kier molecular flexibility index (Phi) is 2.97. The number of hydrogen-bond donors (Lipinski definition) is 1. The van der Waals surface area contributed by atoms with Crippen LogP contribution in [0, 0.1) is 0 Å². The highest BCUT2D eigenvalue weighted by Crippen LogP contribution is 2.33. The maximum Gasteiger partial charge on any atom is 0.416 e. The molecule has 2 aromatic heterocycles. The highest BCUT2D eigenvalue weighted by atomic mass is 19.4. The Balaban J connectivity index is 2.28. The van der Waals surface area contributed by atoms with Crippen LogP contribution < -0.4 is 5.73 Å². The van der Waals surface area contributed by atoms with E-state index in [9.17, 15) is 13.2 Å². The van der Waals surface area contributed by atoms with Crippen LogP contribution in [-0.2, 0) is 6.18 Å². The second kappa shape index (κ2) is 4.69. The summed E-state index contributed by atoms with van der Waals surface area (Å²) in [4.78, 5) is 12.0. The molecule has 0 atom stereocenters. The fourth-order valence-corrected chi connectivity index (χ4v) is 2.05. The molecule has 0 aliphatic carbocycles. The Hall–Kier alpha value is -2.70. The van der Waals surface area contributed by atoms with Crippen molar-refractivity contribution in [2.75, 3.05) is 5.73 Å². The number of aromatic nitrogens is 3. The first-order valence-corrected chi connectivity index (χ1v) is 6.00. The van der Waals surface area contributed by atoms with Crippen LogP contribution in [0.1, 0.15) is 5.56 Å². The van der Waals surface area contributed by atoms with Crippen LogP contribution in [0.2, 0.25) is 0 Å². The minimum atomic E-state index is -4.43. The predicted molar refractivity (Wildman–Crippen MR) is 72.2 cm³/mol. The Morgan fingerprint density at radius 1 is 1.05 bits per heavy atom. The molecule has 0 aliphatic rings. The molecule has 3 rings (SSSR count). The third kappa shape index (κ3) is 2.49. The van der Waals surface area contributed by atoms with Crippen molar-refractivity contribution in [2.45, 2.75) is 6.18 Å². The van der Waals surface area contributed by atoms with Crippen LogP contribution >= 0.6 is 0 Å². The number of anilines is 1. The summed E-state index contributed by atoms with van der Waals surface area (Å²) in [6.45, 7) is 0. The number of rotatable bonds is 1. The van der Waals surface area contributed by atoms with Gasteiger partial charge in [0, 0.05) is 23.3 Å². The molecule has 0 unspecified atom stereocenters. The summed E-state index contributed by atoms with van der Waals surface area (Å²) in [7, 11) is 0. The Labute approximate surface area is 117 Å². The minimum Gasteiger partial charge on any atom is -0.368 e. The average molecular weight is 290 g/mol. The number of hydrogen-bond acceptors (Lipinski definition) is 4. The van der Waals surface area contributed by atoms with Gasteiger partial charge in [-0.1, -0.05) is 6.07 Å². The van der Waals surface area contributed by atoms with Crippen molar-refractivity contribution in [3.05, 3.63) is 48.3 Å². The molecule has 106 valence electrons. The summed E-state index contributed by atoms with van der Waals surface area (Å²) in [5.41, 5.74) is 6.09. The number of fused-ring (bicyclic) bond motifs is 1. The van der Waals surface area contributed by atoms with Gasteiger partial charge >= 0.3 is 6.18 Å². The Morgan fingerprint density at radius 3 is 2.52 bits per heavy atom. The predicted octanol–water partition coefficient (Wildman–Crippen LogP) is 3.29. The molecule has 0 saturated heterocycles. The molecule has 0 spiro atoms. The molecule has 2 N–H and O–H groups in total. The summed E-state index contributed by atoms with van der Waals surface area (Å²) in [5.74, 6) is -0.0827. The Morgan fingerprint density at radius 2 is 1.86 bits per heavy atom. The monoisotopic (exact) mass is 290 g/mol. The summed E-state index contributed by atoms with van der Waals surface area (Å²) in [6.07, 6.45) is -1.26. The SMILES string of the molecule is Nc1nc(-c2cccnc2)c2ccc(C(F)(F)F)cc2n1. The zero-order chi connectivity index (χ0) is 15.0. The van der Waals surface area contributed by atoms with E-state index in [1.165, 1.54) is 6.07 Å². The summed E-state index contributed by atoms with van der Waals surface area (Å²) >= 11 is 0. The lowest BCUT2D eigenvalue weighted by Gasteiger charge is -2.10. The first-order chi connectivity index (χ1) is 9.95. The lowest BCUT2D eigenvalue weighted by molar-refractivity contribution is -0.137. The lowest BCUT2D eigenvalue weighted by atomic mass is 10.1. The molecule has 0 aliphatic heterocycles. The highest BCUT2D eigenvalue weighted by Gasteiger charge is 2.30. The van der Waals surface area contributed by atoms with Gasteiger partial charge in [-0.25, -0.2) is 9.97 Å². The largest absolute Gasteiger partial charge is 0.416 e. The van der Waals surface area contributed by atoms with Gasteiger partial charge < -0.3 is 5.73 Å². The van der Waals surface area contributed by atoms with Crippen LogP contribution in [0.4, 0.5) is 19.1 Å². The van der Waals surface area contributed by atoms with Crippen molar-refractivity contribution in [1.82, 2.24) is 15.0 Å². The van der Waals surface area contributed by atoms with Crippen LogP contribution in [0.15, 0.2) is 42.7 Å². The molecule has 3 aromatic rings. The molecular weight excluding hydrogens is 281 g/mol. The molecule has 0 bridgehead atoms. The van der Waals surface area contributed by atoms with Gasteiger partial charge in [0.15, 0.2) is 0 Å². The van der Waals surface area contributed by atoms with Gasteiger partial charge in [0.2, 0.25) is 5.95 Å². The summed E-state index contributed by atoms with van der Waals surface area (Å²) in [6, 6.07) is 6.78. The van der Waals surface area contributed by atoms with E-state index in [1.807, 2.05) is 0 Å². The molecular formula is C14H9F3N4. The normalized spacial score (nSPS) is 11.8. The van der Waals surface area contributed by atoms with E-state index < -0.39 is 11.7 Å². The second-order valence-corrected chi connectivity index (χ2v) is 4.40. The number of nitrogens with two attached hydrogens (primary N) is 1. The molecule has 7 heteroatoms. The smallest absolute Gasteiger partial charge is 0.368 e. The van der Waals surface area contributed by atoms with Gasteiger partial charge in [0.25, 0.3) is 0 Å². The number of nitrogens with zero attached hydrogens (tertiary/aromatic N) is 3. The summed E-state index contributed by atoms with van der Waals surface area (Å²) in [5, 5.41) is 0.491. The van der Waals surface area contributed by atoms with E-state index in [0.29, 0.717) is 16.6 Å². The highest BCUT2D eigenvalue weighted by molar-refractivity contribution is 5.93. The van der Waals surface area contributed by atoms with Gasteiger partial charge in [-0.3, -0.25) is 4.98 Å². The first-order valence-electron chi connectivity index (χ1n) is 6.00. The molecule has 0 radical (unpaired) electrons. The lowest BCUT2D eigenvalue weighted by Crippen LogP contribution is -2.05. The number of benzene rings is 1. The first kappa shape index (κ1) is 13.3. The van der Waals surface area contributed by atoms with Gasteiger partial charge in [0.1, 0.15) is 0 Å². The maximum absolute atomic E-state index is 12.8. The molecule has 1 aromatic carbocycles. The molecule has 2 heterocycles. The molecule has 0 saturated carbocycles. The average Bonchev–Trinajstić information content (AvgIpc) is 2.45. The van der Waals surface area contributed by atoms with E-state index in [-0.39, 0.29) is 11.5 Å².